The summed E-state index contributed by atoms with van der Waals surface area (Å²) < 4.78 is 5.33. The minimum atomic E-state index is -0.184. The van der Waals surface area contributed by atoms with Crippen LogP contribution < -0.4 is 0 Å². The standard InChI is InChI=1S/C8H14BrNO2/c1-8(2)6-12-4-3-10(8)7(9)5-11/h5,7H,3-4,6H2,1-2H3. The van der Waals surface area contributed by atoms with Crippen molar-refractivity contribution >= 4 is 22.2 Å². The fraction of sp³-hybridized carbons (Fsp3) is 0.875. The lowest BCUT2D eigenvalue weighted by Gasteiger charge is -2.43. The number of rotatable bonds is 2. The summed E-state index contributed by atoms with van der Waals surface area (Å²) in [5.74, 6) is 0. The monoisotopic (exact) mass is 235 g/mol. The summed E-state index contributed by atoms with van der Waals surface area (Å²) >= 11 is 3.32. The molecule has 0 aromatic carbocycles. The minimum Gasteiger partial charge on any atom is -0.378 e. The van der Waals surface area contributed by atoms with Crippen molar-refractivity contribution in [3.63, 3.8) is 0 Å². The Kier molecular flexibility index (Phi) is 3.26. The van der Waals surface area contributed by atoms with Gasteiger partial charge in [-0.1, -0.05) is 15.9 Å². The number of morpholine rings is 1. The van der Waals surface area contributed by atoms with E-state index < -0.39 is 0 Å². The molecule has 0 radical (unpaired) electrons. The van der Waals surface area contributed by atoms with Crippen molar-refractivity contribution in [3.8, 4) is 0 Å². The summed E-state index contributed by atoms with van der Waals surface area (Å²) in [6.45, 7) is 6.35. The Labute approximate surface area is 81.2 Å². The van der Waals surface area contributed by atoms with E-state index in [1.54, 1.807) is 0 Å². The highest BCUT2D eigenvalue weighted by molar-refractivity contribution is 9.09. The van der Waals surface area contributed by atoms with Gasteiger partial charge in [0, 0.05) is 12.1 Å². The van der Waals surface area contributed by atoms with Crippen molar-refractivity contribution in [1.29, 1.82) is 0 Å². The molecule has 0 N–H and O–H groups in total. The first-order chi connectivity index (χ1) is 5.58. The Morgan fingerprint density at radius 1 is 1.67 bits per heavy atom. The number of halogens is 1. The fourth-order valence-corrected chi connectivity index (χ4v) is 2.16. The van der Waals surface area contributed by atoms with E-state index in [0.29, 0.717) is 13.2 Å². The molecule has 4 heteroatoms. The SMILES string of the molecule is CC1(C)COCCN1C(Br)C=O. The smallest absolute Gasteiger partial charge is 0.148 e. The average Bonchev–Trinajstić information content (AvgIpc) is 2.02. The van der Waals surface area contributed by atoms with E-state index in [0.717, 1.165) is 12.8 Å². The highest BCUT2D eigenvalue weighted by atomic mass is 79.9. The molecule has 3 nitrogen and oxygen atoms in total. The van der Waals surface area contributed by atoms with Crippen LogP contribution in [0.25, 0.3) is 0 Å². The van der Waals surface area contributed by atoms with Crippen molar-refractivity contribution in [2.45, 2.75) is 24.3 Å². The van der Waals surface area contributed by atoms with Crippen molar-refractivity contribution in [3.05, 3.63) is 0 Å². The number of ether oxygens (including phenoxy) is 1. The number of carbonyl (C=O) groups excluding carboxylic acids is 1. The molecule has 0 aromatic rings. The zero-order valence-electron chi connectivity index (χ0n) is 7.42. The number of carbonyl (C=O) groups is 1. The third-order valence-corrected chi connectivity index (χ3v) is 2.83. The second-order valence-electron chi connectivity index (χ2n) is 3.57. The lowest BCUT2D eigenvalue weighted by atomic mass is 10.0. The number of hydrogen-bond acceptors (Lipinski definition) is 3. The maximum absolute atomic E-state index is 10.6. The van der Waals surface area contributed by atoms with Crippen LogP contribution in [0.15, 0.2) is 0 Å². The first-order valence-corrected chi connectivity index (χ1v) is 4.93. The summed E-state index contributed by atoms with van der Waals surface area (Å²) in [6, 6.07) is 0. The predicted molar refractivity (Wildman–Crippen MR) is 50.4 cm³/mol. The van der Waals surface area contributed by atoms with Crippen LogP contribution in [0.4, 0.5) is 0 Å². The lowest BCUT2D eigenvalue weighted by Crippen LogP contribution is -2.56. The van der Waals surface area contributed by atoms with Gasteiger partial charge in [-0.05, 0) is 13.8 Å². The molecule has 0 amide bonds. The van der Waals surface area contributed by atoms with Gasteiger partial charge in [0.1, 0.15) is 11.2 Å². The van der Waals surface area contributed by atoms with E-state index in [9.17, 15) is 4.79 Å². The molecule has 0 aliphatic carbocycles. The van der Waals surface area contributed by atoms with E-state index in [1.807, 2.05) is 0 Å². The van der Waals surface area contributed by atoms with Crippen LogP contribution in [0.5, 0.6) is 0 Å². The zero-order chi connectivity index (χ0) is 9.19. The van der Waals surface area contributed by atoms with Crippen LogP contribution in [-0.4, -0.2) is 41.4 Å². The fourth-order valence-electron chi connectivity index (χ4n) is 1.40. The van der Waals surface area contributed by atoms with Gasteiger partial charge in [0.2, 0.25) is 0 Å². The van der Waals surface area contributed by atoms with Gasteiger partial charge in [0.25, 0.3) is 0 Å². The molecule has 12 heavy (non-hydrogen) atoms. The van der Waals surface area contributed by atoms with Gasteiger partial charge in [0.15, 0.2) is 0 Å². The van der Waals surface area contributed by atoms with Gasteiger partial charge in [0.05, 0.1) is 13.2 Å². The Bertz CT molecular complexity index is 172. The van der Waals surface area contributed by atoms with E-state index in [4.69, 9.17) is 4.74 Å². The third-order valence-electron chi connectivity index (χ3n) is 2.12. The van der Waals surface area contributed by atoms with Crippen LogP contribution in [0.2, 0.25) is 0 Å². The molecule has 0 saturated carbocycles. The van der Waals surface area contributed by atoms with Crippen LogP contribution in [0.1, 0.15) is 13.8 Å². The Balaban J connectivity index is 2.65. The molecule has 1 saturated heterocycles. The summed E-state index contributed by atoms with van der Waals surface area (Å²) in [4.78, 5) is 12.5. The van der Waals surface area contributed by atoms with E-state index in [-0.39, 0.29) is 10.5 Å². The summed E-state index contributed by atoms with van der Waals surface area (Å²) in [5, 5.41) is 0. The first-order valence-electron chi connectivity index (χ1n) is 4.02. The molecule has 0 bridgehead atoms. The van der Waals surface area contributed by atoms with Crippen molar-refractivity contribution in [1.82, 2.24) is 4.90 Å². The van der Waals surface area contributed by atoms with E-state index in [2.05, 4.69) is 34.7 Å². The van der Waals surface area contributed by atoms with Gasteiger partial charge >= 0.3 is 0 Å². The normalized spacial score (nSPS) is 26.6. The second-order valence-corrected chi connectivity index (χ2v) is 4.51. The van der Waals surface area contributed by atoms with Crippen LogP contribution in [0, 0.1) is 0 Å². The lowest BCUT2D eigenvalue weighted by molar-refractivity contribution is -0.115. The number of alkyl halides is 1. The van der Waals surface area contributed by atoms with Crippen LogP contribution in [-0.2, 0) is 9.53 Å². The van der Waals surface area contributed by atoms with Gasteiger partial charge in [-0.15, -0.1) is 0 Å². The van der Waals surface area contributed by atoms with E-state index in [1.165, 1.54) is 0 Å². The van der Waals surface area contributed by atoms with Gasteiger partial charge in [-0.3, -0.25) is 4.90 Å². The maximum atomic E-state index is 10.6. The molecule has 1 rings (SSSR count). The predicted octanol–water partition coefficient (Wildman–Crippen LogP) is 1.02. The summed E-state index contributed by atoms with van der Waals surface area (Å²) in [7, 11) is 0. The second kappa shape index (κ2) is 3.85. The summed E-state index contributed by atoms with van der Waals surface area (Å²) in [6.07, 6.45) is 0.910. The Morgan fingerprint density at radius 3 is 2.83 bits per heavy atom. The Hall–Kier alpha value is 0.0700. The molecule has 1 aliphatic heterocycles. The highest BCUT2D eigenvalue weighted by Gasteiger charge is 2.34. The average molecular weight is 236 g/mol. The third kappa shape index (κ3) is 2.06. The quantitative estimate of drug-likeness (QED) is 0.407. The molecule has 0 aromatic heterocycles. The molecular formula is C8H14BrNO2. The minimum absolute atomic E-state index is 0.0483. The molecule has 1 fully saturated rings. The van der Waals surface area contributed by atoms with Crippen molar-refractivity contribution < 1.29 is 9.53 Å². The molecule has 1 atom stereocenters. The number of aldehydes is 1. The van der Waals surface area contributed by atoms with Crippen molar-refractivity contribution in [2.75, 3.05) is 19.8 Å². The van der Waals surface area contributed by atoms with Crippen LogP contribution in [0.3, 0.4) is 0 Å². The molecule has 1 heterocycles. The largest absolute Gasteiger partial charge is 0.378 e. The molecule has 1 unspecified atom stereocenters. The molecule has 0 spiro atoms. The molecule has 1 aliphatic rings. The van der Waals surface area contributed by atoms with E-state index >= 15 is 0 Å². The zero-order valence-corrected chi connectivity index (χ0v) is 9.00. The summed E-state index contributed by atoms with van der Waals surface area (Å²) in [5.41, 5.74) is -0.0483. The number of hydrogen-bond donors (Lipinski definition) is 0. The topological polar surface area (TPSA) is 29.5 Å². The first kappa shape index (κ1) is 10.2. The van der Waals surface area contributed by atoms with Gasteiger partial charge in [-0.2, -0.15) is 0 Å². The van der Waals surface area contributed by atoms with Gasteiger partial charge < -0.3 is 9.53 Å². The Morgan fingerprint density at radius 2 is 2.33 bits per heavy atom. The molecule has 70 valence electrons. The van der Waals surface area contributed by atoms with Crippen LogP contribution >= 0.6 is 15.9 Å². The highest BCUT2D eigenvalue weighted by Crippen LogP contribution is 2.23. The maximum Gasteiger partial charge on any atom is 0.148 e. The van der Waals surface area contributed by atoms with Gasteiger partial charge in [-0.25, -0.2) is 0 Å². The van der Waals surface area contributed by atoms with Crippen molar-refractivity contribution in [2.24, 2.45) is 0 Å². The number of nitrogens with zero attached hydrogens (tertiary/aromatic N) is 1. The molecular weight excluding hydrogens is 222 g/mol.